The first-order chi connectivity index (χ1) is 10.2. The highest BCUT2D eigenvalue weighted by Gasteiger charge is 2.25. The van der Waals surface area contributed by atoms with Gasteiger partial charge < -0.3 is 5.32 Å². The van der Waals surface area contributed by atoms with Crippen molar-refractivity contribution in [1.82, 2.24) is 19.4 Å². The van der Waals surface area contributed by atoms with Crippen LogP contribution < -0.4 is 5.32 Å². The summed E-state index contributed by atoms with van der Waals surface area (Å²) in [5.41, 5.74) is 0. The van der Waals surface area contributed by atoms with Gasteiger partial charge in [-0.15, -0.1) is 0 Å². The number of nitrogens with one attached hydrogen (secondary N) is 1. The van der Waals surface area contributed by atoms with Gasteiger partial charge in [-0.3, -0.25) is 4.68 Å². The molecule has 0 atom stereocenters. The Morgan fingerprint density at radius 2 is 2.19 bits per heavy atom. The molecule has 3 rings (SSSR count). The highest BCUT2D eigenvalue weighted by molar-refractivity contribution is 7.89. The van der Waals surface area contributed by atoms with Gasteiger partial charge in [0.1, 0.15) is 4.90 Å². The van der Waals surface area contributed by atoms with Gasteiger partial charge in [-0.1, -0.05) is 12.2 Å². The zero-order valence-electron chi connectivity index (χ0n) is 12.1. The van der Waals surface area contributed by atoms with Crippen molar-refractivity contribution in [3.8, 4) is 0 Å². The molecule has 1 aromatic rings. The number of sulfonamides is 1. The summed E-state index contributed by atoms with van der Waals surface area (Å²) in [7, 11) is -3.39. The summed E-state index contributed by atoms with van der Waals surface area (Å²) in [6, 6.07) is 0.714. The van der Waals surface area contributed by atoms with Crippen molar-refractivity contribution in [2.24, 2.45) is 0 Å². The van der Waals surface area contributed by atoms with Crippen molar-refractivity contribution in [2.45, 2.75) is 43.2 Å². The van der Waals surface area contributed by atoms with Crippen LogP contribution in [0.1, 0.15) is 25.7 Å². The molecular formula is C14H22N4O2S. The third-order valence-corrected chi connectivity index (χ3v) is 5.66. The Balaban J connectivity index is 1.56. The van der Waals surface area contributed by atoms with Crippen molar-refractivity contribution in [2.75, 3.05) is 19.6 Å². The molecule has 1 aliphatic carbocycles. The molecule has 0 spiro atoms. The molecule has 7 heteroatoms. The molecule has 1 aromatic heterocycles. The lowest BCUT2D eigenvalue weighted by atomic mass is 10.3. The van der Waals surface area contributed by atoms with Crippen LogP contribution in [0.2, 0.25) is 0 Å². The fourth-order valence-electron chi connectivity index (χ4n) is 2.42. The average molecular weight is 310 g/mol. The quantitative estimate of drug-likeness (QED) is 0.602. The summed E-state index contributed by atoms with van der Waals surface area (Å²) in [4.78, 5) is 0.299. The standard InChI is InChI=1S/C14H22N4O2S/c19-21(20,18-9-2-1-3-10-18)14-11-16-17(12-14)8-4-7-15-13-5-6-13/h1-2,11-13,15H,3-10H2. The minimum atomic E-state index is -3.39. The van der Waals surface area contributed by atoms with E-state index in [1.807, 2.05) is 12.2 Å². The first-order valence-corrected chi connectivity index (χ1v) is 9.01. The van der Waals surface area contributed by atoms with Crippen LogP contribution in [0.15, 0.2) is 29.4 Å². The fourth-order valence-corrected chi connectivity index (χ4v) is 3.78. The molecule has 0 amide bonds. The molecule has 1 aliphatic heterocycles. The summed E-state index contributed by atoms with van der Waals surface area (Å²) in [6.07, 6.45) is 11.3. The van der Waals surface area contributed by atoms with Gasteiger partial charge in [0, 0.05) is 31.9 Å². The molecule has 1 N–H and O–H groups in total. The molecule has 1 saturated carbocycles. The molecule has 2 heterocycles. The lowest BCUT2D eigenvalue weighted by molar-refractivity contribution is 0.437. The maximum absolute atomic E-state index is 12.5. The van der Waals surface area contributed by atoms with Crippen molar-refractivity contribution in [3.63, 3.8) is 0 Å². The van der Waals surface area contributed by atoms with Crippen molar-refractivity contribution in [1.29, 1.82) is 0 Å². The van der Waals surface area contributed by atoms with E-state index in [2.05, 4.69) is 10.4 Å². The Hall–Kier alpha value is -1.18. The third kappa shape index (κ3) is 3.72. The molecule has 0 saturated heterocycles. The van der Waals surface area contributed by atoms with Gasteiger partial charge in [-0.05, 0) is 32.2 Å². The lowest BCUT2D eigenvalue weighted by Gasteiger charge is -2.21. The zero-order chi connectivity index (χ0) is 14.7. The Morgan fingerprint density at radius 3 is 2.90 bits per heavy atom. The van der Waals surface area contributed by atoms with E-state index in [-0.39, 0.29) is 0 Å². The SMILES string of the molecule is O=S(=O)(c1cnn(CCCNC2CC2)c1)N1CC=CCC1. The summed E-state index contributed by atoms with van der Waals surface area (Å²) < 4.78 is 28.1. The normalized spacial score (nSPS) is 20.0. The first kappa shape index (κ1) is 14.7. The smallest absolute Gasteiger partial charge is 0.246 e. The molecule has 0 unspecified atom stereocenters. The van der Waals surface area contributed by atoms with Crippen LogP contribution in [0.5, 0.6) is 0 Å². The molecule has 1 fully saturated rings. The van der Waals surface area contributed by atoms with Gasteiger partial charge in [0.2, 0.25) is 10.0 Å². The molecule has 116 valence electrons. The summed E-state index contributed by atoms with van der Waals surface area (Å²) in [5.74, 6) is 0. The molecular weight excluding hydrogens is 288 g/mol. The lowest BCUT2D eigenvalue weighted by Crippen LogP contribution is -2.33. The Labute approximate surface area is 125 Å². The second-order valence-corrected chi connectivity index (χ2v) is 7.58. The Bertz CT molecular complexity index is 604. The minimum Gasteiger partial charge on any atom is -0.314 e. The Morgan fingerprint density at radius 1 is 1.33 bits per heavy atom. The second-order valence-electron chi connectivity index (χ2n) is 5.64. The van der Waals surface area contributed by atoms with Gasteiger partial charge in [0.25, 0.3) is 0 Å². The molecule has 21 heavy (non-hydrogen) atoms. The van der Waals surface area contributed by atoms with Gasteiger partial charge in [-0.25, -0.2) is 8.42 Å². The van der Waals surface area contributed by atoms with Crippen LogP contribution in [-0.4, -0.2) is 48.2 Å². The summed E-state index contributed by atoms with van der Waals surface area (Å²) >= 11 is 0. The number of nitrogens with zero attached hydrogens (tertiary/aromatic N) is 3. The van der Waals surface area contributed by atoms with Crippen LogP contribution in [0, 0.1) is 0 Å². The monoisotopic (exact) mass is 310 g/mol. The van der Waals surface area contributed by atoms with E-state index in [0.717, 1.165) is 25.9 Å². The number of hydrogen-bond acceptors (Lipinski definition) is 4. The van der Waals surface area contributed by atoms with E-state index in [9.17, 15) is 8.42 Å². The van der Waals surface area contributed by atoms with Crippen molar-refractivity contribution >= 4 is 10.0 Å². The van der Waals surface area contributed by atoms with E-state index in [1.54, 1.807) is 10.9 Å². The van der Waals surface area contributed by atoms with Crippen LogP contribution in [0.3, 0.4) is 0 Å². The molecule has 2 aliphatic rings. The van der Waals surface area contributed by atoms with Crippen molar-refractivity contribution < 1.29 is 8.42 Å². The molecule has 0 aromatic carbocycles. The highest BCUT2D eigenvalue weighted by atomic mass is 32.2. The maximum atomic E-state index is 12.5. The molecule has 0 radical (unpaired) electrons. The van der Waals surface area contributed by atoms with E-state index in [0.29, 0.717) is 24.0 Å². The zero-order valence-corrected chi connectivity index (χ0v) is 12.9. The topological polar surface area (TPSA) is 67.2 Å². The van der Waals surface area contributed by atoms with E-state index >= 15 is 0 Å². The van der Waals surface area contributed by atoms with E-state index in [1.165, 1.54) is 23.3 Å². The van der Waals surface area contributed by atoms with Crippen LogP contribution >= 0.6 is 0 Å². The van der Waals surface area contributed by atoms with Crippen LogP contribution in [-0.2, 0) is 16.6 Å². The predicted molar refractivity (Wildman–Crippen MR) is 80.4 cm³/mol. The van der Waals surface area contributed by atoms with E-state index in [4.69, 9.17) is 0 Å². The van der Waals surface area contributed by atoms with Crippen molar-refractivity contribution in [3.05, 3.63) is 24.5 Å². The Kier molecular flexibility index (Phi) is 4.42. The second kappa shape index (κ2) is 6.29. The maximum Gasteiger partial charge on any atom is 0.246 e. The average Bonchev–Trinajstić information content (AvgIpc) is 3.20. The largest absolute Gasteiger partial charge is 0.314 e. The highest BCUT2D eigenvalue weighted by Crippen LogP contribution is 2.19. The first-order valence-electron chi connectivity index (χ1n) is 7.57. The van der Waals surface area contributed by atoms with Gasteiger partial charge >= 0.3 is 0 Å². The van der Waals surface area contributed by atoms with E-state index < -0.39 is 10.0 Å². The minimum absolute atomic E-state index is 0.299. The van der Waals surface area contributed by atoms with Crippen LogP contribution in [0.25, 0.3) is 0 Å². The number of aromatic nitrogens is 2. The van der Waals surface area contributed by atoms with Crippen LogP contribution in [0.4, 0.5) is 0 Å². The number of hydrogen-bond donors (Lipinski definition) is 1. The van der Waals surface area contributed by atoms with Gasteiger partial charge in [-0.2, -0.15) is 9.40 Å². The molecule has 0 bridgehead atoms. The predicted octanol–water partition coefficient (Wildman–Crippen LogP) is 0.976. The molecule has 6 nitrogen and oxygen atoms in total. The number of aryl methyl sites for hydroxylation is 1. The van der Waals surface area contributed by atoms with Gasteiger partial charge in [0.05, 0.1) is 6.20 Å². The summed E-state index contributed by atoms with van der Waals surface area (Å²) in [6.45, 7) is 2.72. The fraction of sp³-hybridized carbons (Fsp3) is 0.643. The van der Waals surface area contributed by atoms with Gasteiger partial charge in [0.15, 0.2) is 0 Å². The summed E-state index contributed by atoms with van der Waals surface area (Å²) in [5, 5.41) is 7.62. The number of rotatable bonds is 7. The third-order valence-electron chi connectivity index (χ3n) is 3.84.